The Bertz CT molecular complexity index is 1020. The minimum atomic E-state index is -0.315. The van der Waals surface area contributed by atoms with E-state index in [-0.39, 0.29) is 24.3 Å². The monoisotopic (exact) mass is 461 g/mol. The fraction of sp³-hybridized carbons (Fsp3) is 0.435. The Hall–Kier alpha value is -1.99. The molecule has 0 aromatic heterocycles. The molecule has 3 aliphatic rings. The molecule has 2 fully saturated rings. The number of urea groups is 1. The van der Waals surface area contributed by atoms with Gasteiger partial charge < -0.3 is 14.7 Å². The van der Waals surface area contributed by atoms with Crippen molar-refractivity contribution in [3.8, 4) is 5.75 Å². The number of ether oxygens (including phenoxy) is 1. The number of benzene rings is 2. The number of likely N-dealkylation sites (tertiary alicyclic amines) is 1. The van der Waals surface area contributed by atoms with Gasteiger partial charge in [-0.15, -0.1) is 0 Å². The summed E-state index contributed by atoms with van der Waals surface area (Å²) in [6.45, 7) is 2.80. The Morgan fingerprint density at radius 3 is 2.68 bits per heavy atom. The topological polar surface area (TPSA) is 56.3 Å². The summed E-state index contributed by atoms with van der Waals surface area (Å²) >= 11 is 12.9. The molecular formula is C23H25Cl2N3O3. The number of aliphatic hydroxyl groups excluding tert-OH is 1. The van der Waals surface area contributed by atoms with E-state index >= 15 is 0 Å². The minimum absolute atomic E-state index is 0.00847. The molecule has 5 rings (SSSR count). The van der Waals surface area contributed by atoms with Crippen molar-refractivity contribution in [1.82, 2.24) is 9.80 Å². The first-order valence-electron chi connectivity index (χ1n) is 10.6. The number of anilines is 1. The van der Waals surface area contributed by atoms with E-state index in [1.807, 2.05) is 30.3 Å². The second-order valence-corrected chi connectivity index (χ2v) is 9.40. The Balaban J connectivity index is 1.46. The van der Waals surface area contributed by atoms with E-state index in [1.165, 1.54) is 0 Å². The van der Waals surface area contributed by atoms with Crippen molar-refractivity contribution in [1.29, 1.82) is 0 Å². The third kappa shape index (κ3) is 3.87. The number of hydrogen-bond donors (Lipinski definition) is 1. The van der Waals surface area contributed by atoms with Gasteiger partial charge in [0.15, 0.2) is 0 Å². The Morgan fingerprint density at radius 1 is 1.13 bits per heavy atom. The number of hydrogen-bond acceptors (Lipinski definition) is 4. The van der Waals surface area contributed by atoms with Crippen LogP contribution < -0.4 is 9.64 Å². The van der Waals surface area contributed by atoms with Crippen LogP contribution in [-0.4, -0.2) is 66.3 Å². The van der Waals surface area contributed by atoms with Gasteiger partial charge in [-0.3, -0.25) is 9.80 Å². The third-order valence-electron chi connectivity index (χ3n) is 6.54. The number of fused-ring (bicyclic) bond motifs is 1. The molecule has 2 amide bonds. The zero-order valence-corrected chi connectivity index (χ0v) is 18.8. The molecule has 0 unspecified atom stereocenters. The molecule has 0 radical (unpaired) electrons. The predicted octanol–water partition coefficient (Wildman–Crippen LogP) is 3.98. The molecule has 2 saturated heterocycles. The minimum Gasteiger partial charge on any atom is -0.484 e. The lowest BCUT2D eigenvalue weighted by Gasteiger charge is -2.30. The lowest BCUT2D eigenvalue weighted by molar-refractivity contribution is 0.0819. The summed E-state index contributed by atoms with van der Waals surface area (Å²) in [4.78, 5) is 18.2. The Morgan fingerprint density at radius 2 is 1.97 bits per heavy atom. The van der Waals surface area contributed by atoms with E-state index < -0.39 is 0 Å². The van der Waals surface area contributed by atoms with Crippen molar-refractivity contribution in [3.63, 3.8) is 0 Å². The van der Waals surface area contributed by atoms with Crippen LogP contribution >= 0.6 is 23.2 Å². The number of nitrogens with zero attached hydrogens (tertiary/aromatic N) is 3. The number of amides is 2. The maximum atomic E-state index is 12.4. The van der Waals surface area contributed by atoms with Gasteiger partial charge in [0.2, 0.25) is 0 Å². The first-order valence-corrected chi connectivity index (χ1v) is 11.4. The van der Waals surface area contributed by atoms with Crippen LogP contribution in [0, 0.1) is 0 Å². The molecule has 1 N–H and O–H groups in total. The average molecular weight is 462 g/mol. The van der Waals surface area contributed by atoms with E-state index in [1.54, 1.807) is 22.9 Å². The van der Waals surface area contributed by atoms with E-state index in [0.29, 0.717) is 35.4 Å². The fourth-order valence-electron chi connectivity index (χ4n) is 4.91. The van der Waals surface area contributed by atoms with Gasteiger partial charge in [0.1, 0.15) is 11.9 Å². The molecule has 3 atom stereocenters. The largest absolute Gasteiger partial charge is 0.484 e. The molecule has 1 aliphatic carbocycles. The van der Waals surface area contributed by atoms with Crippen LogP contribution in [0.25, 0.3) is 0 Å². The summed E-state index contributed by atoms with van der Waals surface area (Å²) < 4.78 is 6.54. The summed E-state index contributed by atoms with van der Waals surface area (Å²) in [6, 6.07) is 11.4. The highest BCUT2D eigenvalue weighted by atomic mass is 35.5. The maximum absolute atomic E-state index is 12.4. The first-order chi connectivity index (χ1) is 14.9. The van der Waals surface area contributed by atoms with Crippen LogP contribution in [0.3, 0.4) is 0 Å². The van der Waals surface area contributed by atoms with Crippen molar-refractivity contribution in [2.45, 2.75) is 31.1 Å². The van der Waals surface area contributed by atoms with Crippen LogP contribution in [0.2, 0.25) is 10.0 Å². The van der Waals surface area contributed by atoms with Crippen molar-refractivity contribution in [3.05, 3.63) is 57.6 Å². The average Bonchev–Trinajstić information content (AvgIpc) is 3.41. The second-order valence-electron chi connectivity index (χ2n) is 8.56. The van der Waals surface area contributed by atoms with Gasteiger partial charge in [0.05, 0.1) is 12.1 Å². The van der Waals surface area contributed by atoms with E-state index in [9.17, 15) is 9.90 Å². The van der Waals surface area contributed by atoms with Crippen LogP contribution in [0.4, 0.5) is 10.5 Å². The lowest BCUT2D eigenvalue weighted by atomic mass is 10.1. The van der Waals surface area contributed by atoms with Crippen LogP contribution in [0.15, 0.2) is 36.4 Å². The summed E-state index contributed by atoms with van der Waals surface area (Å²) in [6.07, 6.45) is 0.931. The standard InChI is InChI=1S/C23H25Cl2N3O3/c1-26-7-8-28(23(26)30)15-3-2-4-17(11-15)31-22-19-9-14(24)10-20(25)18(19)12-21(22)27-6-5-16(29)13-27/h2-4,9-11,16,21-22,29H,5-8,12-13H2,1H3/t16-,21-,22+/m1/s1. The van der Waals surface area contributed by atoms with Crippen molar-refractivity contribution < 1.29 is 14.6 Å². The maximum Gasteiger partial charge on any atom is 0.324 e. The van der Waals surface area contributed by atoms with Crippen molar-refractivity contribution in [2.24, 2.45) is 0 Å². The van der Waals surface area contributed by atoms with Gasteiger partial charge in [-0.1, -0.05) is 29.3 Å². The Kier molecular flexibility index (Phi) is 5.51. The summed E-state index contributed by atoms with van der Waals surface area (Å²) in [7, 11) is 1.81. The van der Waals surface area contributed by atoms with Gasteiger partial charge in [0, 0.05) is 60.6 Å². The van der Waals surface area contributed by atoms with Gasteiger partial charge in [-0.05, 0) is 42.7 Å². The molecule has 2 aliphatic heterocycles. The van der Waals surface area contributed by atoms with Crippen molar-refractivity contribution in [2.75, 3.05) is 38.1 Å². The first kappa shape index (κ1) is 20.9. The quantitative estimate of drug-likeness (QED) is 0.747. The third-order valence-corrected chi connectivity index (χ3v) is 7.09. The molecule has 0 saturated carbocycles. The van der Waals surface area contributed by atoms with Gasteiger partial charge >= 0.3 is 6.03 Å². The molecular weight excluding hydrogens is 437 g/mol. The summed E-state index contributed by atoms with van der Waals surface area (Å²) in [5, 5.41) is 11.3. The van der Waals surface area contributed by atoms with E-state index in [2.05, 4.69) is 4.90 Å². The van der Waals surface area contributed by atoms with E-state index in [0.717, 1.165) is 36.2 Å². The number of likely N-dealkylation sites (N-methyl/N-ethyl adjacent to an activating group) is 1. The highest BCUT2D eigenvalue weighted by molar-refractivity contribution is 6.35. The lowest BCUT2D eigenvalue weighted by Crippen LogP contribution is -2.39. The molecule has 0 spiro atoms. The van der Waals surface area contributed by atoms with Gasteiger partial charge in [-0.25, -0.2) is 4.79 Å². The molecule has 0 bridgehead atoms. The normalized spacial score (nSPS) is 26.1. The van der Waals surface area contributed by atoms with E-state index in [4.69, 9.17) is 27.9 Å². The highest BCUT2D eigenvalue weighted by Crippen LogP contribution is 2.43. The molecule has 2 heterocycles. The SMILES string of the molecule is CN1CCN(c2cccc(O[C@H]3c4cc(Cl)cc(Cl)c4C[C@H]3N3CC[C@@H](O)C3)c2)C1=O. The van der Waals surface area contributed by atoms with Gasteiger partial charge in [0.25, 0.3) is 0 Å². The van der Waals surface area contributed by atoms with Gasteiger partial charge in [-0.2, -0.15) is 0 Å². The number of aliphatic hydroxyl groups is 1. The molecule has 2 aromatic rings. The number of rotatable bonds is 4. The zero-order chi connectivity index (χ0) is 21.7. The highest BCUT2D eigenvalue weighted by Gasteiger charge is 2.41. The summed E-state index contributed by atoms with van der Waals surface area (Å²) in [5.41, 5.74) is 2.86. The van der Waals surface area contributed by atoms with Crippen LogP contribution in [-0.2, 0) is 6.42 Å². The predicted molar refractivity (Wildman–Crippen MR) is 121 cm³/mol. The van der Waals surface area contributed by atoms with Crippen LogP contribution in [0.1, 0.15) is 23.7 Å². The summed E-state index contributed by atoms with van der Waals surface area (Å²) in [5.74, 6) is 0.693. The molecule has 6 nitrogen and oxygen atoms in total. The molecule has 31 heavy (non-hydrogen) atoms. The smallest absolute Gasteiger partial charge is 0.324 e. The fourth-order valence-corrected chi connectivity index (χ4v) is 5.49. The zero-order valence-electron chi connectivity index (χ0n) is 17.3. The van der Waals surface area contributed by atoms with Crippen LogP contribution in [0.5, 0.6) is 5.75 Å². The molecule has 164 valence electrons. The second kappa shape index (κ2) is 8.17. The van der Waals surface area contributed by atoms with Crippen molar-refractivity contribution >= 4 is 34.9 Å². The number of carbonyl (C=O) groups excluding carboxylic acids is 1. The number of β-amino-alcohol motifs (C(OH)–C–C–N with tert-alkyl or cyclic N) is 1. The molecule has 8 heteroatoms. The number of carbonyl (C=O) groups is 1. The number of halogens is 2. The Labute approximate surface area is 191 Å². The molecule has 2 aromatic carbocycles.